The Bertz CT molecular complexity index is 818. The molecule has 2 aromatic rings. The maximum Gasteiger partial charge on any atom is 0.326 e. The van der Waals surface area contributed by atoms with Crippen LogP contribution in [0.25, 0.3) is 10.2 Å². The van der Waals surface area contributed by atoms with E-state index in [9.17, 15) is 9.59 Å². The molecule has 1 aliphatic rings. The molecule has 3 rings (SSSR count). The van der Waals surface area contributed by atoms with Crippen LogP contribution in [-0.4, -0.2) is 28.7 Å². The summed E-state index contributed by atoms with van der Waals surface area (Å²) in [5.74, 6) is -0.467. The number of carbonyl (C=O) groups excluding carboxylic acids is 1. The van der Waals surface area contributed by atoms with Crippen LogP contribution in [0.5, 0.6) is 0 Å². The zero-order valence-electron chi connectivity index (χ0n) is 11.4. The molecule has 0 unspecified atom stereocenters. The van der Waals surface area contributed by atoms with Gasteiger partial charge in [-0.25, -0.2) is 0 Å². The Morgan fingerprint density at radius 3 is 3.14 bits per heavy atom. The second-order valence-corrected chi connectivity index (χ2v) is 6.13. The zero-order chi connectivity index (χ0) is 15.0. The van der Waals surface area contributed by atoms with Crippen molar-refractivity contribution in [2.45, 2.75) is 26.5 Å². The largest absolute Gasteiger partial charge is 0.465 e. The summed E-state index contributed by atoms with van der Waals surface area (Å²) in [4.78, 5) is 29.1. The minimum Gasteiger partial charge on any atom is -0.465 e. The van der Waals surface area contributed by atoms with Crippen LogP contribution in [0.2, 0.25) is 0 Å². The topological polar surface area (TPSA) is 73.3 Å². The van der Waals surface area contributed by atoms with E-state index in [2.05, 4.69) is 4.98 Å². The van der Waals surface area contributed by atoms with E-state index in [1.165, 1.54) is 15.9 Å². The molecule has 0 radical (unpaired) electrons. The molecule has 0 atom stereocenters. The van der Waals surface area contributed by atoms with Crippen LogP contribution in [-0.2, 0) is 33.8 Å². The maximum atomic E-state index is 12.7. The van der Waals surface area contributed by atoms with Gasteiger partial charge in [0, 0.05) is 4.88 Å². The van der Waals surface area contributed by atoms with Crippen LogP contribution in [0.1, 0.15) is 17.4 Å². The quantitative estimate of drug-likeness (QED) is 0.687. The van der Waals surface area contributed by atoms with Crippen LogP contribution in [0.15, 0.2) is 4.79 Å². The van der Waals surface area contributed by atoms with Gasteiger partial charge in [-0.15, -0.1) is 11.3 Å². The van der Waals surface area contributed by atoms with Gasteiger partial charge < -0.3 is 14.5 Å². The Morgan fingerprint density at radius 2 is 2.38 bits per heavy atom. The van der Waals surface area contributed by atoms with Crippen LogP contribution in [0.3, 0.4) is 0 Å². The molecule has 3 heterocycles. The van der Waals surface area contributed by atoms with Crippen molar-refractivity contribution in [3.05, 3.63) is 25.6 Å². The van der Waals surface area contributed by atoms with Gasteiger partial charge >= 0.3 is 5.97 Å². The molecule has 0 saturated heterocycles. The van der Waals surface area contributed by atoms with E-state index in [0.29, 0.717) is 25.0 Å². The van der Waals surface area contributed by atoms with Gasteiger partial charge in [0.2, 0.25) is 0 Å². The van der Waals surface area contributed by atoms with Gasteiger partial charge in [-0.05, 0) is 31.1 Å². The highest BCUT2D eigenvalue weighted by atomic mass is 32.1. The SMILES string of the molecule is CCOC(=O)Cn1c(=S)[nH]c2sc3c(c2c1=O)CCOC3. The van der Waals surface area contributed by atoms with Gasteiger partial charge in [0.25, 0.3) is 5.56 Å². The van der Waals surface area contributed by atoms with Crippen molar-refractivity contribution < 1.29 is 14.3 Å². The third-order valence-electron chi connectivity index (χ3n) is 3.34. The van der Waals surface area contributed by atoms with E-state index >= 15 is 0 Å². The number of hydrogen-bond acceptors (Lipinski definition) is 6. The van der Waals surface area contributed by atoms with Crippen LogP contribution < -0.4 is 5.56 Å². The van der Waals surface area contributed by atoms with Crippen molar-refractivity contribution in [3.63, 3.8) is 0 Å². The van der Waals surface area contributed by atoms with Gasteiger partial charge in [-0.1, -0.05) is 0 Å². The minimum atomic E-state index is -0.467. The molecule has 21 heavy (non-hydrogen) atoms. The van der Waals surface area contributed by atoms with Crippen molar-refractivity contribution in [1.82, 2.24) is 9.55 Å². The zero-order valence-corrected chi connectivity index (χ0v) is 13.1. The Balaban J connectivity index is 2.16. The summed E-state index contributed by atoms with van der Waals surface area (Å²) in [7, 11) is 0. The minimum absolute atomic E-state index is 0.168. The number of nitrogens with zero attached hydrogens (tertiary/aromatic N) is 1. The number of thiophene rings is 1. The summed E-state index contributed by atoms with van der Waals surface area (Å²) in [5, 5.41) is 0.621. The number of aromatic amines is 1. The summed E-state index contributed by atoms with van der Waals surface area (Å²) in [5.41, 5.74) is 0.774. The Kier molecular flexibility index (Phi) is 3.92. The lowest BCUT2D eigenvalue weighted by Gasteiger charge is -2.11. The first-order chi connectivity index (χ1) is 10.1. The van der Waals surface area contributed by atoms with Crippen LogP contribution in [0, 0.1) is 4.77 Å². The summed E-state index contributed by atoms with van der Waals surface area (Å²) < 4.78 is 11.8. The summed E-state index contributed by atoms with van der Waals surface area (Å²) in [6.45, 7) is 2.95. The van der Waals surface area contributed by atoms with Gasteiger partial charge in [-0.2, -0.15) is 0 Å². The highest BCUT2D eigenvalue weighted by molar-refractivity contribution is 7.71. The molecular formula is C13H14N2O4S2. The predicted molar refractivity (Wildman–Crippen MR) is 81.3 cm³/mol. The second-order valence-electron chi connectivity index (χ2n) is 4.64. The first-order valence-electron chi connectivity index (χ1n) is 6.62. The summed E-state index contributed by atoms with van der Waals surface area (Å²) in [6, 6.07) is 0. The molecule has 0 bridgehead atoms. The molecule has 0 fully saturated rings. The van der Waals surface area contributed by atoms with E-state index in [-0.39, 0.29) is 23.5 Å². The fourth-order valence-electron chi connectivity index (χ4n) is 2.42. The number of ether oxygens (including phenoxy) is 2. The number of rotatable bonds is 3. The molecule has 2 aromatic heterocycles. The highest BCUT2D eigenvalue weighted by Gasteiger charge is 2.21. The maximum absolute atomic E-state index is 12.7. The molecule has 0 saturated carbocycles. The molecular weight excluding hydrogens is 312 g/mol. The van der Waals surface area contributed by atoms with Crippen molar-refractivity contribution in [3.8, 4) is 0 Å². The second kappa shape index (κ2) is 5.70. The number of hydrogen-bond donors (Lipinski definition) is 1. The molecule has 0 amide bonds. The van der Waals surface area contributed by atoms with Gasteiger partial charge in [-0.3, -0.25) is 14.2 Å². The molecule has 6 nitrogen and oxygen atoms in total. The fourth-order valence-corrected chi connectivity index (χ4v) is 3.91. The number of H-pyrrole nitrogens is 1. The molecule has 112 valence electrons. The molecule has 1 N–H and O–H groups in total. The normalized spacial score (nSPS) is 14.1. The predicted octanol–water partition coefficient (Wildman–Crippen LogP) is 1.76. The Morgan fingerprint density at radius 1 is 1.57 bits per heavy atom. The average molecular weight is 326 g/mol. The lowest BCUT2D eigenvalue weighted by Crippen LogP contribution is -2.27. The molecule has 0 spiro atoms. The first kappa shape index (κ1) is 14.4. The Hall–Kier alpha value is -1.51. The first-order valence-corrected chi connectivity index (χ1v) is 7.85. The summed E-state index contributed by atoms with van der Waals surface area (Å²) >= 11 is 6.67. The van der Waals surface area contributed by atoms with Gasteiger partial charge in [0.05, 0.1) is 25.2 Å². The van der Waals surface area contributed by atoms with Gasteiger partial charge in [0.1, 0.15) is 11.4 Å². The van der Waals surface area contributed by atoms with Crippen molar-refractivity contribution in [2.75, 3.05) is 13.2 Å². The van der Waals surface area contributed by atoms with E-state index < -0.39 is 5.97 Å². The van der Waals surface area contributed by atoms with Crippen LogP contribution in [0.4, 0.5) is 0 Å². The van der Waals surface area contributed by atoms with Crippen molar-refractivity contribution >= 4 is 39.7 Å². The summed E-state index contributed by atoms with van der Waals surface area (Å²) in [6.07, 6.45) is 0.703. The molecule has 0 aliphatic carbocycles. The fraction of sp³-hybridized carbons (Fsp3) is 0.462. The third kappa shape index (κ3) is 2.54. The van der Waals surface area contributed by atoms with E-state index in [1.807, 2.05) is 0 Å². The average Bonchev–Trinajstić information content (AvgIpc) is 2.81. The van der Waals surface area contributed by atoms with Gasteiger partial charge in [0.15, 0.2) is 4.77 Å². The van der Waals surface area contributed by atoms with E-state index in [0.717, 1.165) is 15.3 Å². The number of fused-ring (bicyclic) bond motifs is 3. The van der Waals surface area contributed by atoms with Crippen molar-refractivity contribution in [2.24, 2.45) is 0 Å². The monoisotopic (exact) mass is 326 g/mol. The Labute approximate surface area is 129 Å². The molecule has 1 aliphatic heterocycles. The third-order valence-corrected chi connectivity index (χ3v) is 4.78. The van der Waals surface area contributed by atoms with Crippen LogP contribution >= 0.6 is 23.6 Å². The number of nitrogens with one attached hydrogen (secondary N) is 1. The number of aromatic nitrogens is 2. The van der Waals surface area contributed by atoms with Crippen molar-refractivity contribution in [1.29, 1.82) is 0 Å². The standard InChI is InChI=1S/C13H14N2O4S2/c1-2-19-9(16)5-15-12(17)10-7-3-4-18-6-8(7)21-11(10)14-13(15)20/h2-6H2,1H3,(H,14,20). The van der Waals surface area contributed by atoms with E-state index in [1.54, 1.807) is 6.92 Å². The smallest absolute Gasteiger partial charge is 0.326 e. The lowest BCUT2D eigenvalue weighted by molar-refractivity contribution is -0.143. The lowest BCUT2D eigenvalue weighted by atomic mass is 10.1. The molecule has 0 aromatic carbocycles. The highest BCUT2D eigenvalue weighted by Crippen LogP contribution is 2.31. The number of carbonyl (C=O) groups is 1. The van der Waals surface area contributed by atoms with E-state index in [4.69, 9.17) is 21.7 Å². The molecule has 8 heteroatoms. The number of esters is 1.